The molecule has 0 bridgehead atoms. The highest BCUT2D eigenvalue weighted by Crippen LogP contribution is 1.77. The monoisotopic (exact) mass is 143 g/mol. The number of amides is 1. The SMILES string of the molecule is C=CC(=O)OCC(=O)NC. The first-order chi connectivity index (χ1) is 4.70. The number of rotatable bonds is 3. The summed E-state index contributed by atoms with van der Waals surface area (Å²) in [7, 11) is 1.46. The van der Waals surface area contributed by atoms with E-state index >= 15 is 0 Å². The van der Waals surface area contributed by atoms with Crippen molar-refractivity contribution in [2.24, 2.45) is 0 Å². The number of likely N-dealkylation sites (N-methyl/N-ethyl adjacent to an activating group) is 1. The van der Waals surface area contributed by atoms with Gasteiger partial charge in [0.2, 0.25) is 0 Å². The average Bonchev–Trinajstić information content (AvgIpc) is 1.99. The third-order valence-electron chi connectivity index (χ3n) is 0.791. The van der Waals surface area contributed by atoms with Gasteiger partial charge in [-0.05, 0) is 0 Å². The molecule has 0 saturated carbocycles. The van der Waals surface area contributed by atoms with E-state index in [9.17, 15) is 9.59 Å². The maximum absolute atomic E-state index is 10.4. The van der Waals surface area contributed by atoms with Crippen LogP contribution in [0.3, 0.4) is 0 Å². The summed E-state index contributed by atoms with van der Waals surface area (Å²) in [6.45, 7) is 2.91. The van der Waals surface area contributed by atoms with Crippen LogP contribution in [0.25, 0.3) is 0 Å². The van der Waals surface area contributed by atoms with Crippen LogP contribution < -0.4 is 5.32 Å². The van der Waals surface area contributed by atoms with Gasteiger partial charge in [-0.15, -0.1) is 0 Å². The van der Waals surface area contributed by atoms with E-state index in [-0.39, 0.29) is 12.5 Å². The standard InChI is InChI=1S/C6H9NO3/c1-3-6(9)10-4-5(8)7-2/h3H,1,4H2,2H3,(H,7,8). The molecular formula is C6H9NO3. The topological polar surface area (TPSA) is 55.4 Å². The van der Waals surface area contributed by atoms with Gasteiger partial charge >= 0.3 is 5.97 Å². The fraction of sp³-hybridized carbons (Fsp3) is 0.333. The van der Waals surface area contributed by atoms with E-state index in [2.05, 4.69) is 16.6 Å². The smallest absolute Gasteiger partial charge is 0.330 e. The fourth-order valence-electron chi connectivity index (χ4n) is 0.268. The predicted molar refractivity (Wildman–Crippen MR) is 35.2 cm³/mol. The molecule has 0 aliphatic carbocycles. The van der Waals surface area contributed by atoms with Gasteiger partial charge in [-0.1, -0.05) is 6.58 Å². The van der Waals surface area contributed by atoms with Crippen LogP contribution >= 0.6 is 0 Å². The van der Waals surface area contributed by atoms with Crippen LogP contribution in [0, 0.1) is 0 Å². The first-order valence-electron chi connectivity index (χ1n) is 2.70. The van der Waals surface area contributed by atoms with Crippen LogP contribution in [0.5, 0.6) is 0 Å². The Morgan fingerprint density at radius 3 is 2.70 bits per heavy atom. The maximum Gasteiger partial charge on any atom is 0.330 e. The molecule has 0 rings (SSSR count). The van der Waals surface area contributed by atoms with Gasteiger partial charge in [0.05, 0.1) is 0 Å². The van der Waals surface area contributed by atoms with Crippen molar-refractivity contribution in [3.8, 4) is 0 Å². The summed E-state index contributed by atoms with van der Waals surface area (Å²) in [5.41, 5.74) is 0. The van der Waals surface area contributed by atoms with Crippen molar-refractivity contribution in [1.29, 1.82) is 0 Å². The number of hydrogen-bond acceptors (Lipinski definition) is 3. The van der Waals surface area contributed by atoms with E-state index in [1.165, 1.54) is 7.05 Å². The molecule has 0 saturated heterocycles. The second-order valence-corrected chi connectivity index (χ2v) is 1.49. The second-order valence-electron chi connectivity index (χ2n) is 1.49. The Kier molecular flexibility index (Phi) is 3.95. The minimum atomic E-state index is -0.594. The summed E-state index contributed by atoms with van der Waals surface area (Å²) in [6.07, 6.45) is 1.00. The molecule has 10 heavy (non-hydrogen) atoms. The molecule has 0 unspecified atom stereocenters. The summed E-state index contributed by atoms with van der Waals surface area (Å²) in [5.74, 6) is -0.932. The Morgan fingerprint density at radius 1 is 1.70 bits per heavy atom. The van der Waals surface area contributed by atoms with Crippen molar-refractivity contribution in [2.45, 2.75) is 0 Å². The van der Waals surface area contributed by atoms with Crippen molar-refractivity contribution < 1.29 is 14.3 Å². The lowest BCUT2D eigenvalue weighted by molar-refractivity contribution is -0.143. The molecular weight excluding hydrogens is 134 g/mol. The normalized spacial score (nSPS) is 8.10. The van der Waals surface area contributed by atoms with Crippen molar-refractivity contribution in [3.05, 3.63) is 12.7 Å². The Bertz CT molecular complexity index is 153. The summed E-state index contributed by atoms with van der Waals surface area (Å²) < 4.78 is 4.37. The van der Waals surface area contributed by atoms with Crippen molar-refractivity contribution in [1.82, 2.24) is 5.32 Å². The second kappa shape index (κ2) is 4.55. The van der Waals surface area contributed by atoms with Gasteiger partial charge < -0.3 is 10.1 Å². The number of carbonyl (C=O) groups is 2. The summed E-state index contributed by atoms with van der Waals surface area (Å²) in [6, 6.07) is 0. The molecule has 0 fully saturated rings. The zero-order valence-electron chi connectivity index (χ0n) is 5.72. The zero-order chi connectivity index (χ0) is 7.98. The third-order valence-corrected chi connectivity index (χ3v) is 0.791. The van der Waals surface area contributed by atoms with Crippen LogP contribution in [0.4, 0.5) is 0 Å². The van der Waals surface area contributed by atoms with Crippen LogP contribution in [-0.4, -0.2) is 25.5 Å². The van der Waals surface area contributed by atoms with Gasteiger partial charge in [0.25, 0.3) is 5.91 Å². The molecule has 0 aromatic heterocycles. The first kappa shape index (κ1) is 8.68. The molecule has 0 atom stereocenters. The van der Waals surface area contributed by atoms with E-state index in [4.69, 9.17) is 0 Å². The number of hydrogen-bond donors (Lipinski definition) is 1. The number of nitrogens with one attached hydrogen (secondary N) is 1. The van der Waals surface area contributed by atoms with E-state index in [0.717, 1.165) is 6.08 Å². The van der Waals surface area contributed by atoms with Crippen LogP contribution in [0.15, 0.2) is 12.7 Å². The van der Waals surface area contributed by atoms with Gasteiger partial charge in [-0.2, -0.15) is 0 Å². The van der Waals surface area contributed by atoms with Crippen LogP contribution in [0.2, 0.25) is 0 Å². The van der Waals surface area contributed by atoms with E-state index in [1.807, 2.05) is 0 Å². The minimum Gasteiger partial charge on any atom is -0.452 e. The molecule has 0 heterocycles. The highest BCUT2D eigenvalue weighted by molar-refractivity contribution is 5.85. The summed E-state index contributed by atoms with van der Waals surface area (Å²) >= 11 is 0. The number of esters is 1. The quantitative estimate of drug-likeness (QED) is 0.426. The maximum atomic E-state index is 10.4. The van der Waals surface area contributed by atoms with Gasteiger partial charge in [0.15, 0.2) is 6.61 Å². The largest absolute Gasteiger partial charge is 0.452 e. The van der Waals surface area contributed by atoms with Crippen LogP contribution in [-0.2, 0) is 14.3 Å². The molecule has 0 aromatic carbocycles. The predicted octanol–water partition coefficient (Wildman–Crippen LogP) is -0.538. The third kappa shape index (κ3) is 3.65. The van der Waals surface area contributed by atoms with Gasteiger partial charge in [0.1, 0.15) is 0 Å². The highest BCUT2D eigenvalue weighted by Gasteiger charge is 1.99. The summed E-state index contributed by atoms with van der Waals surface area (Å²) in [4.78, 5) is 20.7. The molecule has 0 spiro atoms. The zero-order valence-corrected chi connectivity index (χ0v) is 5.72. The lowest BCUT2D eigenvalue weighted by Gasteiger charge is -1.98. The number of ether oxygens (including phenoxy) is 1. The summed E-state index contributed by atoms with van der Waals surface area (Å²) in [5, 5.41) is 2.29. The molecule has 1 N–H and O–H groups in total. The van der Waals surface area contributed by atoms with Gasteiger partial charge in [0, 0.05) is 13.1 Å². The molecule has 0 aromatic rings. The fourth-order valence-corrected chi connectivity index (χ4v) is 0.268. The van der Waals surface area contributed by atoms with Gasteiger partial charge in [-0.25, -0.2) is 4.79 Å². The first-order valence-corrected chi connectivity index (χ1v) is 2.70. The highest BCUT2D eigenvalue weighted by atomic mass is 16.5. The molecule has 0 aliphatic rings. The Labute approximate surface area is 58.9 Å². The van der Waals surface area contributed by atoms with E-state index in [0.29, 0.717) is 0 Å². The molecule has 4 nitrogen and oxygen atoms in total. The molecule has 1 amide bonds. The van der Waals surface area contributed by atoms with E-state index < -0.39 is 5.97 Å². The minimum absolute atomic E-state index is 0.249. The molecule has 4 heteroatoms. The van der Waals surface area contributed by atoms with Crippen molar-refractivity contribution in [2.75, 3.05) is 13.7 Å². The Morgan fingerprint density at radius 2 is 2.30 bits per heavy atom. The van der Waals surface area contributed by atoms with Crippen LogP contribution in [0.1, 0.15) is 0 Å². The van der Waals surface area contributed by atoms with E-state index in [1.54, 1.807) is 0 Å². The Balaban J connectivity index is 3.44. The Hall–Kier alpha value is -1.32. The lowest BCUT2D eigenvalue weighted by atomic mass is 10.6. The molecule has 56 valence electrons. The average molecular weight is 143 g/mol. The molecule has 0 aliphatic heterocycles. The van der Waals surface area contributed by atoms with Gasteiger partial charge in [-0.3, -0.25) is 4.79 Å². The molecule has 0 radical (unpaired) electrons. The lowest BCUT2D eigenvalue weighted by Crippen LogP contribution is -2.24. The van der Waals surface area contributed by atoms with Crippen molar-refractivity contribution in [3.63, 3.8) is 0 Å². The number of carbonyl (C=O) groups excluding carboxylic acids is 2. The van der Waals surface area contributed by atoms with Crippen molar-refractivity contribution >= 4 is 11.9 Å².